The summed E-state index contributed by atoms with van der Waals surface area (Å²) >= 11 is 0. The number of carbonyl (C=O) groups is 1. The summed E-state index contributed by atoms with van der Waals surface area (Å²) in [6, 6.07) is 19.4. The Morgan fingerprint density at radius 1 is 1.15 bits per heavy atom. The van der Waals surface area contributed by atoms with Gasteiger partial charge in [-0.05, 0) is 30.7 Å². The Labute approximate surface area is 153 Å². The Bertz CT molecular complexity index is 964. The number of amides is 1. The summed E-state index contributed by atoms with van der Waals surface area (Å²) < 4.78 is 0. The minimum atomic E-state index is -0.266. The van der Waals surface area contributed by atoms with Crippen molar-refractivity contribution < 1.29 is 4.79 Å². The zero-order chi connectivity index (χ0) is 18.4. The lowest BCUT2D eigenvalue weighted by Gasteiger charge is -2.22. The summed E-state index contributed by atoms with van der Waals surface area (Å²) in [5.74, 6) is -0.266. The van der Waals surface area contributed by atoms with Crippen molar-refractivity contribution in [3.05, 3.63) is 71.9 Å². The smallest absolute Gasteiger partial charge is 0.268 e. The van der Waals surface area contributed by atoms with Gasteiger partial charge in [0.2, 0.25) is 0 Å². The van der Waals surface area contributed by atoms with E-state index in [1.807, 2.05) is 60.8 Å². The molecule has 0 saturated carbocycles. The average molecular weight is 343 g/mol. The summed E-state index contributed by atoms with van der Waals surface area (Å²) in [7, 11) is 0. The number of para-hydroxylation sites is 2. The molecule has 0 aliphatic carbocycles. The number of rotatable bonds is 6. The standard InChI is InChI=1S/C22H21N3O/c1-2-3-13-25(19-9-5-4-6-10-19)22(26)17(15-23)14-18-16-24-21-12-8-7-11-20(18)21/h4-12,14,16,24H,2-3,13H2,1H3/b17-14+. The van der Waals surface area contributed by atoms with Crippen LogP contribution in [0.2, 0.25) is 0 Å². The fraction of sp³-hybridized carbons (Fsp3) is 0.182. The van der Waals surface area contributed by atoms with Gasteiger partial charge in [0.05, 0.1) is 0 Å². The molecule has 1 N–H and O–H groups in total. The summed E-state index contributed by atoms with van der Waals surface area (Å²) in [4.78, 5) is 17.9. The molecule has 3 aromatic rings. The number of carbonyl (C=O) groups excluding carboxylic acids is 1. The van der Waals surface area contributed by atoms with Crippen LogP contribution in [-0.4, -0.2) is 17.4 Å². The van der Waals surface area contributed by atoms with E-state index >= 15 is 0 Å². The van der Waals surface area contributed by atoms with Crippen molar-refractivity contribution in [1.82, 2.24) is 4.98 Å². The number of unbranched alkanes of at least 4 members (excludes halogenated alkanes) is 1. The molecule has 3 rings (SSSR count). The zero-order valence-corrected chi connectivity index (χ0v) is 14.8. The first-order valence-electron chi connectivity index (χ1n) is 8.79. The lowest BCUT2D eigenvalue weighted by molar-refractivity contribution is -0.114. The molecule has 0 radical (unpaired) electrons. The highest BCUT2D eigenvalue weighted by atomic mass is 16.2. The van der Waals surface area contributed by atoms with Gasteiger partial charge in [0.25, 0.3) is 5.91 Å². The van der Waals surface area contributed by atoms with Gasteiger partial charge in [-0.15, -0.1) is 0 Å². The van der Waals surface area contributed by atoms with Crippen LogP contribution in [0.4, 0.5) is 5.69 Å². The van der Waals surface area contributed by atoms with E-state index in [1.165, 1.54) is 0 Å². The molecule has 0 saturated heterocycles. The predicted octanol–water partition coefficient (Wildman–Crippen LogP) is 4.91. The van der Waals surface area contributed by atoms with E-state index in [1.54, 1.807) is 11.0 Å². The van der Waals surface area contributed by atoms with E-state index in [4.69, 9.17) is 0 Å². The second kappa shape index (κ2) is 8.17. The molecule has 1 heterocycles. The molecule has 0 spiro atoms. The molecule has 130 valence electrons. The second-order valence-electron chi connectivity index (χ2n) is 6.11. The average Bonchev–Trinajstić information content (AvgIpc) is 3.10. The molecule has 1 aromatic heterocycles. The normalized spacial score (nSPS) is 11.3. The molecule has 1 amide bonds. The Morgan fingerprint density at radius 2 is 1.88 bits per heavy atom. The van der Waals surface area contributed by atoms with Crippen LogP contribution in [0.5, 0.6) is 0 Å². The summed E-state index contributed by atoms with van der Waals surface area (Å²) in [5.41, 5.74) is 2.77. The first-order chi connectivity index (χ1) is 12.7. The van der Waals surface area contributed by atoms with Crippen LogP contribution in [0, 0.1) is 11.3 Å². The van der Waals surface area contributed by atoms with Gasteiger partial charge in [0.1, 0.15) is 11.6 Å². The Balaban J connectivity index is 1.97. The highest BCUT2D eigenvalue weighted by Gasteiger charge is 2.20. The van der Waals surface area contributed by atoms with E-state index in [9.17, 15) is 10.1 Å². The number of benzene rings is 2. The van der Waals surface area contributed by atoms with Gasteiger partial charge >= 0.3 is 0 Å². The van der Waals surface area contributed by atoms with E-state index in [0.717, 1.165) is 35.0 Å². The highest BCUT2D eigenvalue weighted by Crippen LogP contribution is 2.22. The molecule has 0 unspecified atom stereocenters. The van der Waals surface area contributed by atoms with Crippen molar-refractivity contribution in [2.75, 3.05) is 11.4 Å². The Hall–Kier alpha value is -3.32. The van der Waals surface area contributed by atoms with Crippen LogP contribution >= 0.6 is 0 Å². The van der Waals surface area contributed by atoms with Gasteiger partial charge in [0.15, 0.2) is 0 Å². The fourth-order valence-electron chi connectivity index (χ4n) is 2.93. The largest absolute Gasteiger partial charge is 0.361 e. The molecule has 0 atom stereocenters. The van der Waals surface area contributed by atoms with Gasteiger partial charge in [-0.25, -0.2) is 0 Å². The van der Waals surface area contributed by atoms with E-state index in [0.29, 0.717) is 6.54 Å². The topological polar surface area (TPSA) is 59.9 Å². The molecule has 0 aliphatic heterocycles. The maximum Gasteiger partial charge on any atom is 0.268 e. The van der Waals surface area contributed by atoms with Gasteiger partial charge in [-0.3, -0.25) is 4.79 Å². The molecular weight excluding hydrogens is 322 g/mol. The quantitative estimate of drug-likeness (QED) is 0.511. The number of nitriles is 1. The van der Waals surface area contributed by atoms with Gasteiger partial charge < -0.3 is 9.88 Å². The molecule has 0 fully saturated rings. The van der Waals surface area contributed by atoms with Crippen molar-refractivity contribution in [3.8, 4) is 6.07 Å². The van der Waals surface area contributed by atoms with Crippen molar-refractivity contribution in [2.24, 2.45) is 0 Å². The summed E-state index contributed by atoms with van der Waals surface area (Å²) in [5, 5.41) is 10.6. The number of aromatic amines is 1. The number of hydrogen-bond acceptors (Lipinski definition) is 2. The third-order valence-electron chi connectivity index (χ3n) is 4.32. The number of hydrogen-bond donors (Lipinski definition) is 1. The zero-order valence-electron chi connectivity index (χ0n) is 14.8. The number of nitrogens with one attached hydrogen (secondary N) is 1. The molecule has 4 nitrogen and oxygen atoms in total. The van der Waals surface area contributed by atoms with Crippen molar-refractivity contribution in [1.29, 1.82) is 5.26 Å². The van der Waals surface area contributed by atoms with Crippen LogP contribution in [0.3, 0.4) is 0 Å². The number of anilines is 1. The molecule has 0 aliphatic rings. The van der Waals surface area contributed by atoms with Crippen LogP contribution in [0.25, 0.3) is 17.0 Å². The number of nitrogens with zero attached hydrogens (tertiary/aromatic N) is 2. The molecule has 0 bridgehead atoms. The maximum absolute atomic E-state index is 13.1. The van der Waals surface area contributed by atoms with Crippen molar-refractivity contribution in [3.63, 3.8) is 0 Å². The predicted molar refractivity (Wildman–Crippen MR) is 106 cm³/mol. The SMILES string of the molecule is CCCCN(C(=O)/C(C#N)=C/c1c[nH]c2ccccc12)c1ccccc1. The van der Waals surface area contributed by atoms with Crippen LogP contribution < -0.4 is 4.90 Å². The fourth-order valence-corrected chi connectivity index (χ4v) is 2.93. The first-order valence-corrected chi connectivity index (χ1v) is 8.79. The van der Waals surface area contributed by atoms with Crippen molar-refractivity contribution in [2.45, 2.75) is 19.8 Å². The van der Waals surface area contributed by atoms with Crippen LogP contribution in [0.1, 0.15) is 25.3 Å². The molecule has 4 heteroatoms. The van der Waals surface area contributed by atoms with Gasteiger partial charge in [-0.1, -0.05) is 49.7 Å². The molecule has 26 heavy (non-hydrogen) atoms. The monoisotopic (exact) mass is 343 g/mol. The molecule has 2 aromatic carbocycles. The maximum atomic E-state index is 13.1. The third kappa shape index (κ3) is 3.68. The number of aromatic nitrogens is 1. The number of fused-ring (bicyclic) bond motifs is 1. The third-order valence-corrected chi connectivity index (χ3v) is 4.32. The van der Waals surface area contributed by atoms with E-state index in [2.05, 4.69) is 18.0 Å². The minimum Gasteiger partial charge on any atom is -0.361 e. The van der Waals surface area contributed by atoms with Crippen LogP contribution in [0.15, 0.2) is 66.4 Å². The van der Waals surface area contributed by atoms with Crippen molar-refractivity contribution >= 4 is 28.6 Å². The lowest BCUT2D eigenvalue weighted by Crippen LogP contribution is -2.32. The first kappa shape index (κ1) is 17.5. The van der Waals surface area contributed by atoms with E-state index < -0.39 is 0 Å². The van der Waals surface area contributed by atoms with Gasteiger partial charge in [0, 0.05) is 34.9 Å². The second-order valence-corrected chi connectivity index (χ2v) is 6.11. The Morgan fingerprint density at radius 3 is 2.62 bits per heavy atom. The van der Waals surface area contributed by atoms with E-state index in [-0.39, 0.29) is 11.5 Å². The summed E-state index contributed by atoms with van der Waals surface area (Å²) in [6.45, 7) is 2.67. The number of H-pyrrole nitrogens is 1. The summed E-state index contributed by atoms with van der Waals surface area (Å²) in [6.07, 6.45) is 5.36. The Kier molecular flexibility index (Phi) is 5.50. The van der Waals surface area contributed by atoms with Crippen LogP contribution in [-0.2, 0) is 4.79 Å². The van der Waals surface area contributed by atoms with Gasteiger partial charge in [-0.2, -0.15) is 5.26 Å². The highest BCUT2D eigenvalue weighted by molar-refractivity contribution is 6.12. The lowest BCUT2D eigenvalue weighted by atomic mass is 10.1. The minimum absolute atomic E-state index is 0.134. The molecular formula is C22H21N3O.